The third-order valence-electron chi connectivity index (χ3n) is 3.81. The minimum absolute atomic E-state index is 0.0108. The molecule has 9 heteroatoms. The van der Waals surface area contributed by atoms with E-state index in [0.29, 0.717) is 6.54 Å². The van der Waals surface area contributed by atoms with Crippen molar-refractivity contribution < 1.29 is 26.0 Å². The Balaban J connectivity index is 2.32. The fourth-order valence-electron chi connectivity index (χ4n) is 2.45. The first kappa shape index (κ1) is 18.9. The van der Waals surface area contributed by atoms with Gasteiger partial charge in [-0.3, -0.25) is 4.79 Å². The van der Waals surface area contributed by atoms with E-state index in [1.807, 2.05) is 13.8 Å². The summed E-state index contributed by atoms with van der Waals surface area (Å²) in [4.78, 5) is 11.8. The summed E-state index contributed by atoms with van der Waals surface area (Å²) < 4.78 is 62.0. The van der Waals surface area contributed by atoms with Crippen LogP contribution in [0.1, 0.15) is 30.6 Å². The van der Waals surface area contributed by atoms with Gasteiger partial charge in [-0.25, -0.2) is 21.2 Å². The van der Waals surface area contributed by atoms with E-state index in [1.165, 1.54) is 0 Å². The van der Waals surface area contributed by atoms with Gasteiger partial charge in [-0.1, -0.05) is 13.8 Å². The van der Waals surface area contributed by atoms with Crippen LogP contribution in [0.3, 0.4) is 0 Å². The van der Waals surface area contributed by atoms with E-state index in [2.05, 4.69) is 5.32 Å². The van der Waals surface area contributed by atoms with Gasteiger partial charge in [0.2, 0.25) is 0 Å². The summed E-state index contributed by atoms with van der Waals surface area (Å²) in [5.74, 6) is -1.99. The molecule has 1 heterocycles. The van der Waals surface area contributed by atoms with Crippen LogP contribution < -0.4 is 5.32 Å². The highest BCUT2D eigenvalue weighted by molar-refractivity contribution is 7.96. The van der Waals surface area contributed by atoms with Gasteiger partial charge in [0.1, 0.15) is 5.82 Å². The molecule has 0 aliphatic carbocycles. The van der Waals surface area contributed by atoms with E-state index in [-0.39, 0.29) is 28.6 Å². The van der Waals surface area contributed by atoms with Gasteiger partial charge in [-0.2, -0.15) is 0 Å². The van der Waals surface area contributed by atoms with Gasteiger partial charge in [0.25, 0.3) is 5.91 Å². The quantitative estimate of drug-likeness (QED) is 0.777. The second kappa shape index (κ2) is 6.79. The highest BCUT2D eigenvalue weighted by Crippen LogP contribution is 2.26. The first-order valence-electron chi connectivity index (χ1n) is 7.55. The maximum absolute atomic E-state index is 13.9. The fourth-order valence-corrected chi connectivity index (χ4v) is 6.83. The summed E-state index contributed by atoms with van der Waals surface area (Å²) in [6, 6.07) is 2.96. The highest BCUT2D eigenvalue weighted by atomic mass is 32.2. The zero-order valence-electron chi connectivity index (χ0n) is 13.5. The Morgan fingerprint density at radius 3 is 2.58 bits per heavy atom. The number of nitrogens with one attached hydrogen (secondary N) is 1. The van der Waals surface area contributed by atoms with E-state index < -0.39 is 42.4 Å². The van der Waals surface area contributed by atoms with Crippen LogP contribution in [0.5, 0.6) is 0 Å². The molecule has 1 aromatic rings. The Morgan fingerprint density at radius 1 is 1.38 bits per heavy atom. The van der Waals surface area contributed by atoms with Gasteiger partial charge in [0, 0.05) is 6.54 Å². The topological polar surface area (TPSA) is 97.4 Å². The minimum atomic E-state index is -3.94. The Labute approximate surface area is 141 Å². The first-order chi connectivity index (χ1) is 11.0. The van der Waals surface area contributed by atoms with Crippen molar-refractivity contribution in [3.8, 4) is 0 Å². The fraction of sp³-hybridized carbons (Fsp3) is 0.533. The molecule has 1 N–H and O–H groups in total. The Kier molecular flexibility index (Phi) is 5.34. The average Bonchev–Trinajstić information content (AvgIpc) is 2.86. The maximum atomic E-state index is 13.9. The number of amides is 1. The number of carbonyl (C=O) groups is 1. The highest BCUT2D eigenvalue weighted by Gasteiger charge is 2.38. The van der Waals surface area contributed by atoms with Crippen LogP contribution in [0.25, 0.3) is 0 Å². The van der Waals surface area contributed by atoms with E-state index in [9.17, 15) is 26.0 Å². The molecule has 1 atom stereocenters. The van der Waals surface area contributed by atoms with E-state index in [0.717, 1.165) is 18.2 Å². The van der Waals surface area contributed by atoms with Crippen molar-refractivity contribution in [1.82, 2.24) is 5.32 Å². The molecule has 0 saturated carbocycles. The van der Waals surface area contributed by atoms with Gasteiger partial charge in [0.05, 0.1) is 27.2 Å². The molecule has 1 saturated heterocycles. The maximum Gasteiger partial charge on any atom is 0.254 e. The third kappa shape index (κ3) is 4.13. The number of benzene rings is 1. The molecule has 0 aromatic heterocycles. The standard InChI is InChI=1S/C15H20FNO5S2/c1-10(2)8-17-15(18)13-7-11(3-4-14(13)16)24(21,22)12-5-6-23(19,20)9-12/h3-4,7,10,12H,5-6,8-9H2,1-2H3,(H,17,18)/t12-/m1/s1. The summed E-state index contributed by atoms with van der Waals surface area (Å²) in [5, 5.41) is 1.47. The summed E-state index contributed by atoms with van der Waals surface area (Å²) in [5.41, 5.74) is -0.363. The SMILES string of the molecule is CC(C)CNC(=O)c1cc(S(=O)(=O)[C@@H]2CCS(=O)(=O)C2)ccc1F. The van der Waals surface area contributed by atoms with Crippen molar-refractivity contribution in [3.05, 3.63) is 29.6 Å². The Morgan fingerprint density at radius 2 is 2.04 bits per heavy atom. The van der Waals surface area contributed by atoms with Crippen LogP contribution >= 0.6 is 0 Å². The van der Waals surface area contributed by atoms with Gasteiger partial charge >= 0.3 is 0 Å². The summed E-state index contributed by atoms with van der Waals surface area (Å²) in [6.07, 6.45) is 0.0108. The summed E-state index contributed by atoms with van der Waals surface area (Å²) >= 11 is 0. The van der Waals surface area contributed by atoms with Crippen molar-refractivity contribution >= 4 is 25.6 Å². The molecule has 134 valence electrons. The summed E-state index contributed by atoms with van der Waals surface area (Å²) in [6.45, 7) is 4.08. The molecule has 0 radical (unpaired) electrons. The number of rotatable bonds is 5. The third-order valence-corrected chi connectivity index (χ3v) is 7.98. The molecule has 0 bridgehead atoms. The monoisotopic (exact) mass is 377 g/mol. The van der Waals surface area contributed by atoms with E-state index >= 15 is 0 Å². The lowest BCUT2D eigenvalue weighted by atomic mass is 10.2. The van der Waals surface area contributed by atoms with Gasteiger partial charge in [-0.15, -0.1) is 0 Å². The molecule has 6 nitrogen and oxygen atoms in total. The number of halogens is 1. The largest absolute Gasteiger partial charge is 0.352 e. The number of sulfone groups is 2. The molecule has 1 aliphatic heterocycles. The molecule has 1 amide bonds. The number of carbonyl (C=O) groups excluding carboxylic acids is 1. The zero-order chi connectivity index (χ0) is 18.1. The normalized spacial score (nSPS) is 20.2. The molecular weight excluding hydrogens is 357 g/mol. The van der Waals surface area contributed by atoms with Crippen molar-refractivity contribution in [1.29, 1.82) is 0 Å². The van der Waals surface area contributed by atoms with Crippen LogP contribution in [0.2, 0.25) is 0 Å². The van der Waals surface area contributed by atoms with E-state index in [4.69, 9.17) is 0 Å². The molecule has 0 unspecified atom stereocenters. The van der Waals surface area contributed by atoms with Crippen LogP contribution in [-0.2, 0) is 19.7 Å². The zero-order valence-corrected chi connectivity index (χ0v) is 15.1. The molecule has 2 rings (SSSR count). The van der Waals surface area contributed by atoms with Gasteiger partial charge in [0.15, 0.2) is 19.7 Å². The second-order valence-corrected chi connectivity index (χ2v) is 10.8. The lowest BCUT2D eigenvalue weighted by Gasteiger charge is -2.13. The second-order valence-electron chi connectivity index (χ2n) is 6.32. The lowest BCUT2D eigenvalue weighted by molar-refractivity contribution is 0.0944. The molecule has 1 aliphatic rings. The smallest absolute Gasteiger partial charge is 0.254 e. The molecule has 0 spiro atoms. The molecule has 1 aromatic carbocycles. The van der Waals surface area contributed by atoms with Gasteiger partial charge < -0.3 is 5.32 Å². The minimum Gasteiger partial charge on any atom is -0.352 e. The average molecular weight is 377 g/mol. The lowest BCUT2D eigenvalue weighted by Crippen LogP contribution is -2.29. The first-order valence-corrected chi connectivity index (χ1v) is 10.9. The van der Waals surface area contributed by atoms with Crippen molar-refractivity contribution in [2.24, 2.45) is 5.92 Å². The van der Waals surface area contributed by atoms with Crippen LogP contribution in [0.4, 0.5) is 4.39 Å². The molecular formula is C15H20FNO5S2. The van der Waals surface area contributed by atoms with Crippen LogP contribution in [-0.4, -0.2) is 46.0 Å². The van der Waals surface area contributed by atoms with Crippen molar-refractivity contribution in [3.63, 3.8) is 0 Å². The molecule has 1 fully saturated rings. The number of hydrogen-bond donors (Lipinski definition) is 1. The number of hydrogen-bond acceptors (Lipinski definition) is 5. The predicted octanol–water partition coefficient (Wildman–Crippen LogP) is 1.17. The Hall–Kier alpha value is -1.48. The summed E-state index contributed by atoms with van der Waals surface area (Å²) in [7, 11) is -7.31. The van der Waals surface area contributed by atoms with Crippen LogP contribution in [0.15, 0.2) is 23.1 Å². The predicted molar refractivity (Wildman–Crippen MR) is 87.8 cm³/mol. The van der Waals surface area contributed by atoms with Crippen molar-refractivity contribution in [2.75, 3.05) is 18.1 Å². The van der Waals surface area contributed by atoms with Crippen molar-refractivity contribution in [2.45, 2.75) is 30.4 Å². The van der Waals surface area contributed by atoms with Gasteiger partial charge in [-0.05, 0) is 30.5 Å². The Bertz CT molecular complexity index is 847. The van der Waals surface area contributed by atoms with Crippen LogP contribution in [0, 0.1) is 11.7 Å². The molecule has 24 heavy (non-hydrogen) atoms. The van der Waals surface area contributed by atoms with E-state index in [1.54, 1.807) is 0 Å².